The summed E-state index contributed by atoms with van der Waals surface area (Å²) in [5.74, 6) is 0.621. The fourth-order valence-electron chi connectivity index (χ4n) is 4.46. The Labute approximate surface area is 226 Å². The number of nitrogens with zero attached hydrogens (tertiary/aromatic N) is 3. The van der Waals surface area contributed by atoms with Gasteiger partial charge in [0.05, 0.1) is 6.54 Å². The summed E-state index contributed by atoms with van der Waals surface area (Å²) in [6.07, 6.45) is 3.97. The van der Waals surface area contributed by atoms with Crippen LogP contribution in [0.2, 0.25) is 5.02 Å². The molecule has 3 N–H and O–H groups in total. The fourth-order valence-corrected chi connectivity index (χ4v) is 4.59. The van der Waals surface area contributed by atoms with Gasteiger partial charge in [-0.05, 0) is 74.1 Å². The monoisotopic (exact) mass is 534 g/mol. The van der Waals surface area contributed by atoms with Crippen molar-refractivity contribution in [2.24, 2.45) is 4.99 Å². The lowest BCUT2D eigenvalue weighted by atomic mass is 10.0. The molecule has 4 rings (SSSR count). The first kappa shape index (κ1) is 27.0. The van der Waals surface area contributed by atoms with Crippen molar-refractivity contribution in [2.45, 2.75) is 45.1 Å². The van der Waals surface area contributed by atoms with E-state index in [0.717, 1.165) is 35.1 Å². The number of hydrogen-bond acceptors (Lipinski definition) is 5. The summed E-state index contributed by atoms with van der Waals surface area (Å²) in [6, 6.07) is 14.3. The number of anilines is 1. The molecular weight excluding hydrogens is 504 g/mol. The summed E-state index contributed by atoms with van der Waals surface area (Å²) >= 11 is 5.96. The number of nitriles is 1. The number of benzene rings is 2. The molecule has 2 heterocycles. The number of guanidine groups is 1. The van der Waals surface area contributed by atoms with Gasteiger partial charge in [0.2, 0.25) is 17.8 Å². The molecule has 0 saturated carbocycles. The Balaban J connectivity index is 1.39. The Hall–Kier alpha value is -4.03. The molecule has 0 radical (unpaired) electrons. The lowest BCUT2D eigenvalue weighted by molar-refractivity contribution is -0.136. The van der Waals surface area contributed by atoms with E-state index in [4.69, 9.17) is 16.0 Å². The largest absolute Gasteiger partial charge is 0.461 e. The molecule has 10 heteroatoms. The number of aliphatic imine (C=N–C) groups is 1. The molecule has 1 aliphatic rings. The molecule has 9 nitrogen and oxygen atoms in total. The second-order valence-electron chi connectivity index (χ2n) is 9.48. The molecule has 0 spiro atoms. The number of rotatable bonds is 7. The maximum atomic E-state index is 13.3. The number of carbonyl (C=O) groups is 2. The molecule has 1 saturated heterocycles. The molecule has 1 fully saturated rings. The van der Waals surface area contributed by atoms with Crippen LogP contribution in [-0.2, 0) is 9.59 Å². The van der Waals surface area contributed by atoms with Crippen molar-refractivity contribution in [3.8, 4) is 6.19 Å². The van der Waals surface area contributed by atoms with E-state index in [1.807, 2.05) is 68.6 Å². The number of aryl methyl sites for hydroxylation is 1. The maximum absolute atomic E-state index is 13.3. The van der Waals surface area contributed by atoms with Crippen LogP contribution in [0.15, 0.2) is 57.9 Å². The molecular formula is C28H31ClN6O3. The third kappa shape index (κ3) is 7.05. The Morgan fingerprint density at radius 2 is 2.03 bits per heavy atom. The number of nitrogens with one attached hydrogen (secondary N) is 3. The highest BCUT2D eigenvalue weighted by atomic mass is 35.5. The highest BCUT2D eigenvalue weighted by Crippen LogP contribution is 2.23. The van der Waals surface area contributed by atoms with Crippen molar-refractivity contribution in [2.75, 3.05) is 25.0 Å². The quantitative estimate of drug-likeness (QED) is 0.177. The highest BCUT2D eigenvalue weighted by molar-refractivity contribution is 6.30. The average Bonchev–Trinajstić information content (AvgIpc) is 3.18. The molecule has 0 aliphatic carbocycles. The van der Waals surface area contributed by atoms with Gasteiger partial charge in [-0.2, -0.15) is 5.26 Å². The number of carbonyl (C=O) groups excluding carboxylic acids is 2. The van der Waals surface area contributed by atoms with Crippen LogP contribution in [0, 0.1) is 18.4 Å². The van der Waals surface area contributed by atoms with Crippen LogP contribution < -0.4 is 16.0 Å². The van der Waals surface area contributed by atoms with Crippen LogP contribution in [0.25, 0.3) is 11.0 Å². The second kappa shape index (κ2) is 12.5. The average molecular weight is 535 g/mol. The minimum atomic E-state index is -0.707. The van der Waals surface area contributed by atoms with Crippen LogP contribution >= 0.6 is 11.6 Å². The van der Waals surface area contributed by atoms with E-state index in [2.05, 4.69) is 20.9 Å². The van der Waals surface area contributed by atoms with Crippen LogP contribution in [0.1, 0.15) is 43.4 Å². The first-order valence-electron chi connectivity index (χ1n) is 12.6. The van der Waals surface area contributed by atoms with Gasteiger partial charge in [-0.25, -0.2) is 4.99 Å². The Kier molecular flexibility index (Phi) is 8.87. The van der Waals surface area contributed by atoms with Gasteiger partial charge in [0, 0.05) is 29.2 Å². The van der Waals surface area contributed by atoms with Gasteiger partial charge in [-0.3, -0.25) is 14.9 Å². The van der Waals surface area contributed by atoms with Gasteiger partial charge in [0.25, 0.3) is 0 Å². The van der Waals surface area contributed by atoms with Gasteiger partial charge in [-0.1, -0.05) is 30.7 Å². The molecule has 0 bridgehead atoms. The molecule has 2 atom stereocenters. The van der Waals surface area contributed by atoms with Crippen molar-refractivity contribution < 1.29 is 14.0 Å². The molecule has 1 aliphatic heterocycles. The van der Waals surface area contributed by atoms with E-state index in [1.165, 1.54) is 0 Å². The zero-order valence-electron chi connectivity index (χ0n) is 21.5. The Morgan fingerprint density at radius 3 is 2.79 bits per heavy atom. The predicted molar refractivity (Wildman–Crippen MR) is 148 cm³/mol. The molecule has 38 heavy (non-hydrogen) atoms. The molecule has 198 valence electrons. The summed E-state index contributed by atoms with van der Waals surface area (Å²) in [6.45, 7) is 4.79. The second-order valence-corrected chi connectivity index (χ2v) is 9.91. The SMILES string of the molecule is Cc1cc2cc(NC(=N[C@H]3CCCCN(CC(=O)NCC(C)c4ccc(Cl)cc4)C3=O)NC#N)ccc2o1. The summed E-state index contributed by atoms with van der Waals surface area (Å²) in [5, 5.41) is 19.4. The molecule has 1 unspecified atom stereocenters. The summed E-state index contributed by atoms with van der Waals surface area (Å²) in [5.41, 5.74) is 2.53. The number of fused-ring (bicyclic) bond motifs is 1. The third-order valence-electron chi connectivity index (χ3n) is 6.49. The lowest BCUT2D eigenvalue weighted by Crippen LogP contribution is -2.45. The van der Waals surface area contributed by atoms with Crippen molar-refractivity contribution >= 4 is 46.0 Å². The van der Waals surface area contributed by atoms with E-state index < -0.39 is 6.04 Å². The molecule has 3 aromatic rings. The zero-order valence-corrected chi connectivity index (χ0v) is 22.2. The van der Waals surface area contributed by atoms with E-state index in [9.17, 15) is 14.9 Å². The smallest absolute Gasteiger partial charge is 0.247 e. The van der Waals surface area contributed by atoms with E-state index in [1.54, 1.807) is 4.90 Å². The summed E-state index contributed by atoms with van der Waals surface area (Å²) < 4.78 is 5.61. The van der Waals surface area contributed by atoms with Crippen molar-refractivity contribution in [1.29, 1.82) is 5.26 Å². The Bertz CT molecular complexity index is 1360. The van der Waals surface area contributed by atoms with Crippen LogP contribution in [0.3, 0.4) is 0 Å². The molecule has 2 amide bonds. The van der Waals surface area contributed by atoms with E-state index in [-0.39, 0.29) is 30.2 Å². The minimum absolute atomic E-state index is 0.0386. The van der Waals surface area contributed by atoms with Gasteiger partial charge in [-0.15, -0.1) is 0 Å². The third-order valence-corrected chi connectivity index (χ3v) is 6.74. The standard InChI is InChI=1S/C28H31ClN6O3/c1-18(20-6-8-22(29)9-7-20)15-31-26(36)16-35-12-4-3-5-24(27(35)37)34-28(32-17-30)33-23-10-11-25-21(14-23)13-19(2)38-25/h6-11,13-14,18,24H,3-5,12,15-16H2,1-2H3,(H,31,36)(H2,32,33,34)/t18?,24-/m0/s1. The molecule has 1 aromatic heterocycles. The van der Waals surface area contributed by atoms with Crippen molar-refractivity contribution in [3.05, 3.63) is 64.9 Å². The zero-order chi connectivity index (χ0) is 27.1. The van der Waals surface area contributed by atoms with E-state index in [0.29, 0.717) is 30.2 Å². The van der Waals surface area contributed by atoms with Crippen LogP contribution in [0.5, 0.6) is 0 Å². The minimum Gasteiger partial charge on any atom is -0.461 e. The lowest BCUT2D eigenvalue weighted by Gasteiger charge is -2.23. The van der Waals surface area contributed by atoms with Gasteiger partial charge >= 0.3 is 0 Å². The predicted octanol–water partition coefficient (Wildman–Crippen LogP) is 4.53. The fraction of sp³-hybridized carbons (Fsp3) is 0.357. The maximum Gasteiger partial charge on any atom is 0.247 e. The van der Waals surface area contributed by atoms with Gasteiger partial charge < -0.3 is 20.0 Å². The number of hydrogen-bond donors (Lipinski definition) is 3. The summed E-state index contributed by atoms with van der Waals surface area (Å²) in [7, 11) is 0. The van der Waals surface area contributed by atoms with Crippen molar-refractivity contribution in [1.82, 2.24) is 15.5 Å². The first-order chi connectivity index (χ1) is 18.3. The van der Waals surface area contributed by atoms with Gasteiger partial charge in [0.1, 0.15) is 17.4 Å². The Morgan fingerprint density at radius 1 is 1.24 bits per heavy atom. The van der Waals surface area contributed by atoms with Crippen LogP contribution in [-0.4, -0.2) is 48.3 Å². The summed E-state index contributed by atoms with van der Waals surface area (Å²) in [4.78, 5) is 32.1. The topological polar surface area (TPSA) is 123 Å². The van der Waals surface area contributed by atoms with Gasteiger partial charge in [0.15, 0.2) is 6.19 Å². The van der Waals surface area contributed by atoms with E-state index >= 15 is 0 Å². The number of halogens is 1. The highest BCUT2D eigenvalue weighted by Gasteiger charge is 2.28. The van der Waals surface area contributed by atoms with Crippen LogP contribution in [0.4, 0.5) is 5.69 Å². The normalized spacial score (nSPS) is 17.0. The number of likely N-dealkylation sites (tertiary alicyclic amines) is 1. The van der Waals surface area contributed by atoms with Crippen molar-refractivity contribution in [3.63, 3.8) is 0 Å². The molecule has 2 aromatic carbocycles. The number of furan rings is 1. The first-order valence-corrected chi connectivity index (χ1v) is 13.0. The number of amides is 2.